The van der Waals surface area contributed by atoms with Gasteiger partial charge >= 0.3 is 6.09 Å². The fraction of sp³-hybridized carbons (Fsp3) is 0.650. The lowest BCUT2D eigenvalue weighted by Crippen LogP contribution is -2.47. The first-order valence-corrected chi connectivity index (χ1v) is 9.64. The van der Waals surface area contributed by atoms with E-state index in [9.17, 15) is 9.18 Å². The fourth-order valence-corrected chi connectivity index (χ4v) is 3.47. The number of nitrogens with zero attached hydrogens (tertiary/aromatic N) is 1. The summed E-state index contributed by atoms with van der Waals surface area (Å²) >= 11 is 0. The van der Waals surface area contributed by atoms with Crippen molar-refractivity contribution in [3.05, 3.63) is 35.1 Å². The normalized spacial score (nSPS) is 22.4. The van der Waals surface area contributed by atoms with Crippen LogP contribution in [0.2, 0.25) is 0 Å². The zero-order chi connectivity index (χ0) is 19.4. The molecule has 2 atom stereocenters. The number of amides is 1. The second-order valence-corrected chi connectivity index (χ2v) is 8.21. The maximum Gasteiger partial charge on any atom is 0.410 e. The SMILES string of the molecule is CC(C)(C)C(OC(=O)N1CCNCC1)c1ccc(C2CNCCO2)cc1F. The first-order chi connectivity index (χ1) is 12.9. The number of morpholine rings is 1. The molecule has 2 unspecified atom stereocenters. The van der Waals surface area contributed by atoms with Gasteiger partial charge in [0, 0.05) is 50.2 Å². The summed E-state index contributed by atoms with van der Waals surface area (Å²) in [5.41, 5.74) is 0.762. The number of benzene rings is 1. The molecule has 3 rings (SSSR count). The minimum Gasteiger partial charge on any atom is -0.441 e. The topological polar surface area (TPSA) is 62.8 Å². The summed E-state index contributed by atoms with van der Waals surface area (Å²) in [6.45, 7) is 10.6. The Labute approximate surface area is 160 Å². The minimum absolute atomic E-state index is 0.154. The van der Waals surface area contributed by atoms with Crippen LogP contribution in [0.25, 0.3) is 0 Å². The zero-order valence-electron chi connectivity index (χ0n) is 16.4. The monoisotopic (exact) mass is 379 g/mol. The van der Waals surface area contributed by atoms with Crippen LogP contribution in [0, 0.1) is 11.2 Å². The Balaban J connectivity index is 1.79. The van der Waals surface area contributed by atoms with Crippen molar-refractivity contribution < 1.29 is 18.7 Å². The van der Waals surface area contributed by atoms with Crippen molar-refractivity contribution in [2.45, 2.75) is 33.0 Å². The number of ether oxygens (including phenoxy) is 2. The van der Waals surface area contributed by atoms with Crippen LogP contribution in [0.1, 0.15) is 44.1 Å². The van der Waals surface area contributed by atoms with Gasteiger partial charge in [0.2, 0.25) is 0 Å². The number of halogens is 1. The van der Waals surface area contributed by atoms with Gasteiger partial charge in [0.05, 0.1) is 12.7 Å². The number of carbonyl (C=O) groups excluding carboxylic acids is 1. The van der Waals surface area contributed by atoms with E-state index in [2.05, 4.69) is 10.6 Å². The average molecular weight is 379 g/mol. The molecule has 2 aliphatic heterocycles. The van der Waals surface area contributed by atoms with Crippen LogP contribution in [0.15, 0.2) is 18.2 Å². The Morgan fingerprint density at radius 2 is 2.00 bits per heavy atom. The molecule has 6 nitrogen and oxygen atoms in total. The van der Waals surface area contributed by atoms with E-state index in [1.807, 2.05) is 26.8 Å². The van der Waals surface area contributed by atoms with Crippen LogP contribution in [-0.2, 0) is 9.47 Å². The number of piperazine rings is 1. The molecule has 0 aliphatic carbocycles. The smallest absolute Gasteiger partial charge is 0.410 e. The third kappa shape index (κ3) is 4.97. The second-order valence-electron chi connectivity index (χ2n) is 8.21. The van der Waals surface area contributed by atoms with Crippen molar-refractivity contribution in [1.82, 2.24) is 15.5 Å². The molecule has 2 N–H and O–H groups in total. The van der Waals surface area contributed by atoms with Crippen LogP contribution in [-0.4, -0.2) is 56.9 Å². The molecule has 2 aliphatic rings. The van der Waals surface area contributed by atoms with E-state index in [1.54, 1.807) is 11.0 Å². The van der Waals surface area contributed by atoms with E-state index < -0.39 is 11.5 Å². The number of hydrogen-bond donors (Lipinski definition) is 2. The molecule has 2 fully saturated rings. The fourth-order valence-electron chi connectivity index (χ4n) is 3.47. The molecule has 0 spiro atoms. The molecule has 2 saturated heterocycles. The van der Waals surface area contributed by atoms with Crippen molar-refractivity contribution in [3.63, 3.8) is 0 Å². The summed E-state index contributed by atoms with van der Waals surface area (Å²) in [6, 6.07) is 5.10. The molecule has 7 heteroatoms. The lowest BCUT2D eigenvalue weighted by Gasteiger charge is -2.34. The summed E-state index contributed by atoms with van der Waals surface area (Å²) in [4.78, 5) is 14.2. The lowest BCUT2D eigenvalue weighted by atomic mass is 9.84. The third-order valence-corrected chi connectivity index (χ3v) is 4.99. The largest absolute Gasteiger partial charge is 0.441 e. The molecule has 27 heavy (non-hydrogen) atoms. The molecule has 1 aromatic rings. The van der Waals surface area contributed by atoms with Gasteiger partial charge in [0.1, 0.15) is 11.9 Å². The molecule has 150 valence electrons. The van der Waals surface area contributed by atoms with Gasteiger partial charge in [-0.25, -0.2) is 9.18 Å². The number of nitrogens with one attached hydrogen (secondary N) is 2. The highest BCUT2D eigenvalue weighted by Crippen LogP contribution is 2.38. The van der Waals surface area contributed by atoms with E-state index in [0.717, 1.165) is 25.2 Å². The van der Waals surface area contributed by atoms with Crippen molar-refractivity contribution in [2.75, 3.05) is 45.9 Å². The van der Waals surface area contributed by atoms with E-state index in [-0.39, 0.29) is 18.0 Å². The molecule has 0 aromatic heterocycles. The Kier molecular flexibility index (Phi) is 6.34. The van der Waals surface area contributed by atoms with E-state index in [4.69, 9.17) is 9.47 Å². The first-order valence-electron chi connectivity index (χ1n) is 9.64. The Morgan fingerprint density at radius 1 is 1.26 bits per heavy atom. The summed E-state index contributed by atoms with van der Waals surface area (Å²) < 4.78 is 26.5. The molecular formula is C20H30FN3O3. The zero-order valence-corrected chi connectivity index (χ0v) is 16.4. The molecular weight excluding hydrogens is 349 g/mol. The predicted molar refractivity (Wildman–Crippen MR) is 101 cm³/mol. The molecule has 0 bridgehead atoms. The van der Waals surface area contributed by atoms with Gasteiger partial charge in [-0.05, 0) is 11.6 Å². The maximum atomic E-state index is 15.0. The van der Waals surface area contributed by atoms with Crippen LogP contribution >= 0.6 is 0 Å². The Bertz CT molecular complexity index is 650. The molecule has 0 radical (unpaired) electrons. The van der Waals surface area contributed by atoms with E-state index in [1.165, 1.54) is 6.07 Å². The lowest BCUT2D eigenvalue weighted by molar-refractivity contribution is 0.00473. The molecule has 0 saturated carbocycles. The van der Waals surface area contributed by atoms with Gasteiger partial charge in [0.25, 0.3) is 0 Å². The molecule has 2 heterocycles. The quantitative estimate of drug-likeness (QED) is 0.845. The average Bonchev–Trinajstić information content (AvgIpc) is 2.67. The minimum atomic E-state index is -0.667. The van der Waals surface area contributed by atoms with Crippen molar-refractivity contribution in [1.29, 1.82) is 0 Å². The van der Waals surface area contributed by atoms with E-state index >= 15 is 0 Å². The highest BCUT2D eigenvalue weighted by Gasteiger charge is 2.34. The van der Waals surface area contributed by atoms with Crippen LogP contribution < -0.4 is 10.6 Å². The van der Waals surface area contributed by atoms with Crippen molar-refractivity contribution in [3.8, 4) is 0 Å². The number of carbonyl (C=O) groups is 1. The first kappa shape index (κ1) is 20.0. The van der Waals surface area contributed by atoms with Gasteiger partial charge in [-0.2, -0.15) is 0 Å². The van der Waals surface area contributed by atoms with Crippen LogP contribution in [0.5, 0.6) is 0 Å². The van der Waals surface area contributed by atoms with Gasteiger partial charge in [-0.3, -0.25) is 0 Å². The van der Waals surface area contributed by atoms with Gasteiger partial charge in [-0.15, -0.1) is 0 Å². The van der Waals surface area contributed by atoms with Gasteiger partial charge < -0.3 is 25.0 Å². The van der Waals surface area contributed by atoms with E-state index in [0.29, 0.717) is 31.8 Å². The summed E-state index contributed by atoms with van der Waals surface area (Å²) in [5.74, 6) is -0.366. The Hall–Kier alpha value is -1.70. The number of rotatable bonds is 3. The van der Waals surface area contributed by atoms with Crippen molar-refractivity contribution in [2.24, 2.45) is 5.41 Å². The van der Waals surface area contributed by atoms with Crippen molar-refractivity contribution >= 4 is 6.09 Å². The predicted octanol–water partition coefficient (Wildman–Crippen LogP) is 2.62. The second kappa shape index (κ2) is 8.54. The highest BCUT2D eigenvalue weighted by molar-refractivity contribution is 5.68. The highest BCUT2D eigenvalue weighted by atomic mass is 19.1. The number of hydrogen-bond acceptors (Lipinski definition) is 5. The summed E-state index contributed by atoms with van der Waals surface area (Å²) in [7, 11) is 0. The molecule has 1 amide bonds. The Morgan fingerprint density at radius 3 is 2.59 bits per heavy atom. The maximum absolute atomic E-state index is 15.0. The van der Waals surface area contributed by atoms with Crippen LogP contribution in [0.4, 0.5) is 9.18 Å². The van der Waals surface area contributed by atoms with Gasteiger partial charge in [0.15, 0.2) is 0 Å². The summed E-state index contributed by atoms with van der Waals surface area (Å²) in [6.07, 6.45) is -1.21. The standard InChI is InChI=1S/C20H30FN3O3/c1-20(2,3)18(27-19(25)24-9-6-22-7-10-24)15-5-4-14(12-16(15)21)17-13-23-8-11-26-17/h4-5,12,17-18,22-23H,6-11,13H2,1-3H3. The molecule has 1 aromatic carbocycles. The van der Waals surface area contributed by atoms with Gasteiger partial charge in [-0.1, -0.05) is 32.9 Å². The summed E-state index contributed by atoms with van der Waals surface area (Å²) in [5, 5.41) is 6.45. The third-order valence-electron chi connectivity index (χ3n) is 4.99. The van der Waals surface area contributed by atoms with Crippen LogP contribution in [0.3, 0.4) is 0 Å².